The summed E-state index contributed by atoms with van der Waals surface area (Å²) in [6, 6.07) is 8.01. The highest BCUT2D eigenvalue weighted by atomic mass is 16.1. The molecule has 2 heterocycles. The number of nitrogens with zero attached hydrogens (tertiary/aromatic N) is 2. The Hall–Kier alpha value is -2.38. The number of nitrogens with one attached hydrogen (secondary N) is 1. The summed E-state index contributed by atoms with van der Waals surface area (Å²) in [5.74, 6) is 3.65. The third kappa shape index (κ3) is 3.35. The van der Waals surface area contributed by atoms with Crippen molar-refractivity contribution in [1.82, 2.24) is 14.9 Å². The van der Waals surface area contributed by atoms with Crippen LogP contribution in [0.3, 0.4) is 0 Å². The Morgan fingerprint density at radius 2 is 2.09 bits per heavy atom. The third-order valence-electron chi connectivity index (χ3n) is 4.24. The molecule has 0 saturated carbocycles. The van der Waals surface area contributed by atoms with E-state index < -0.39 is 0 Å². The van der Waals surface area contributed by atoms with Crippen molar-refractivity contribution in [3.05, 3.63) is 62.8 Å². The number of hydrogen-bond acceptors (Lipinski definition) is 3. The van der Waals surface area contributed by atoms with E-state index in [0.29, 0.717) is 6.54 Å². The van der Waals surface area contributed by atoms with Crippen LogP contribution < -0.4 is 5.56 Å². The van der Waals surface area contributed by atoms with Crippen molar-refractivity contribution in [2.45, 2.75) is 39.3 Å². The number of aromatic nitrogens is 2. The van der Waals surface area contributed by atoms with Gasteiger partial charge in [-0.25, -0.2) is 4.98 Å². The van der Waals surface area contributed by atoms with Gasteiger partial charge in [0, 0.05) is 37.5 Å². The van der Waals surface area contributed by atoms with Gasteiger partial charge in [0.05, 0.1) is 11.3 Å². The molecule has 1 aromatic carbocycles. The number of benzene rings is 1. The SMILES string of the molecule is C#Cc1ccc(CN2CCc3nc(C(C)C)[nH]c(=O)c3C2)cc1. The Morgan fingerprint density at radius 3 is 2.74 bits per heavy atom. The average molecular weight is 307 g/mol. The topological polar surface area (TPSA) is 49.0 Å². The van der Waals surface area contributed by atoms with Crippen LogP contribution in [-0.4, -0.2) is 21.4 Å². The average Bonchev–Trinajstić information content (AvgIpc) is 2.56. The fourth-order valence-corrected chi connectivity index (χ4v) is 2.87. The minimum absolute atomic E-state index is 0.00563. The smallest absolute Gasteiger partial charge is 0.255 e. The molecule has 0 fully saturated rings. The molecule has 0 saturated heterocycles. The van der Waals surface area contributed by atoms with Gasteiger partial charge >= 0.3 is 0 Å². The van der Waals surface area contributed by atoms with Crippen LogP contribution in [0.25, 0.3) is 0 Å². The van der Waals surface area contributed by atoms with Gasteiger partial charge in [-0.3, -0.25) is 9.69 Å². The molecule has 0 amide bonds. The minimum atomic E-state index is 0.00563. The highest BCUT2D eigenvalue weighted by molar-refractivity contribution is 5.34. The summed E-state index contributed by atoms with van der Waals surface area (Å²) >= 11 is 0. The third-order valence-corrected chi connectivity index (χ3v) is 4.24. The number of aromatic amines is 1. The molecule has 1 N–H and O–H groups in total. The number of rotatable bonds is 3. The normalized spacial score (nSPS) is 14.5. The maximum atomic E-state index is 12.3. The molecular weight excluding hydrogens is 286 g/mol. The van der Waals surface area contributed by atoms with Crippen molar-refractivity contribution in [3.8, 4) is 12.3 Å². The molecule has 0 radical (unpaired) electrons. The molecule has 4 nitrogen and oxygen atoms in total. The van der Waals surface area contributed by atoms with Crippen molar-refractivity contribution in [2.75, 3.05) is 6.54 Å². The van der Waals surface area contributed by atoms with E-state index in [4.69, 9.17) is 6.42 Å². The minimum Gasteiger partial charge on any atom is -0.310 e. The molecule has 2 aromatic rings. The van der Waals surface area contributed by atoms with Crippen LogP contribution in [0.4, 0.5) is 0 Å². The van der Waals surface area contributed by atoms with Crippen molar-refractivity contribution in [3.63, 3.8) is 0 Å². The van der Waals surface area contributed by atoms with Crippen molar-refractivity contribution < 1.29 is 0 Å². The summed E-state index contributed by atoms with van der Waals surface area (Å²) in [5.41, 5.74) is 3.86. The Labute approximate surface area is 136 Å². The lowest BCUT2D eigenvalue weighted by atomic mass is 10.0. The van der Waals surface area contributed by atoms with Gasteiger partial charge in [0.15, 0.2) is 0 Å². The second-order valence-electron chi connectivity index (χ2n) is 6.33. The predicted molar refractivity (Wildman–Crippen MR) is 91.1 cm³/mol. The first-order valence-electron chi connectivity index (χ1n) is 7.96. The second kappa shape index (κ2) is 6.39. The molecular formula is C19H21N3O. The monoisotopic (exact) mass is 307 g/mol. The van der Waals surface area contributed by atoms with Gasteiger partial charge in [-0.05, 0) is 17.7 Å². The fraction of sp³-hybridized carbons (Fsp3) is 0.368. The van der Waals surface area contributed by atoms with E-state index in [0.717, 1.165) is 42.2 Å². The molecule has 0 aliphatic carbocycles. The van der Waals surface area contributed by atoms with E-state index in [1.807, 2.05) is 26.0 Å². The van der Waals surface area contributed by atoms with Crippen LogP contribution in [0.2, 0.25) is 0 Å². The van der Waals surface area contributed by atoms with Crippen LogP contribution in [0, 0.1) is 12.3 Å². The first-order valence-corrected chi connectivity index (χ1v) is 7.96. The number of terminal acetylenes is 1. The lowest BCUT2D eigenvalue weighted by Crippen LogP contribution is -2.35. The summed E-state index contributed by atoms with van der Waals surface area (Å²) in [7, 11) is 0. The highest BCUT2D eigenvalue weighted by Gasteiger charge is 2.21. The largest absolute Gasteiger partial charge is 0.310 e. The van der Waals surface area contributed by atoms with Crippen LogP contribution in [0.1, 0.15) is 48.0 Å². The number of hydrogen-bond donors (Lipinski definition) is 1. The molecule has 118 valence electrons. The number of H-pyrrole nitrogens is 1. The van der Waals surface area contributed by atoms with Gasteiger partial charge in [0.25, 0.3) is 5.56 Å². The molecule has 0 unspecified atom stereocenters. The lowest BCUT2D eigenvalue weighted by Gasteiger charge is -2.28. The number of fused-ring (bicyclic) bond motifs is 1. The van der Waals surface area contributed by atoms with Gasteiger partial charge in [0.2, 0.25) is 0 Å². The van der Waals surface area contributed by atoms with E-state index >= 15 is 0 Å². The van der Waals surface area contributed by atoms with Gasteiger partial charge in [-0.2, -0.15) is 0 Å². The van der Waals surface area contributed by atoms with E-state index in [-0.39, 0.29) is 11.5 Å². The van der Waals surface area contributed by atoms with Crippen LogP contribution in [-0.2, 0) is 19.5 Å². The molecule has 0 spiro atoms. The van der Waals surface area contributed by atoms with Crippen LogP contribution in [0.5, 0.6) is 0 Å². The standard InChI is InChI=1S/C19H21N3O/c1-4-14-5-7-15(8-6-14)11-22-10-9-17-16(12-22)19(23)21-18(20-17)13(2)3/h1,5-8,13H,9-12H2,2-3H3,(H,20,21,23). The van der Waals surface area contributed by atoms with Crippen LogP contribution >= 0.6 is 0 Å². The maximum absolute atomic E-state index is 12.3. The zero-order valence-corrected chi connectivity index (χ0v) is 13.6. The Kier molecular flexibility index (Phi) is 4.31. The van der Waals surface area contributed by atoms with Gasteiger partial charge in [-0.15, -0.1) is 6.42 Å². The fourth-order valence-electron chi connectivity index (χ4n) is 2.87. The molecule has 0 bridgehead atoms. The van der Waals surface area contributed by atoms with E-state index in [9.17, 15) is 4.79 Å². The zero-order valence-electron chi connectivity index (χ0n) is 13.6. The predicted octanol–water partition coefficient (Wildman–Crippen LogP) is 2.43. The molecule has 23 heavy (non-hydrogen) atoms. The molecule has 1 aromatic heterocycles. The quantitative estimate of drug-likeness (QED) is 0.886. The lowest BCUT2D eigenvalue weighted by molar-refractivity contribution is 0.241. The van der Waals surface area contributed by atoms with Crippen molar-refractivity contribution >= 4 is 0 Å². The Bertz CT molecular complexity index is 797. The van der Waals surface area contributed by atoms with Gasteiger partial charge in [0.1, 0.15) is 5.82 Å². The first-order chi connectivity index (χ1) is 11.1. The molecule has 4 heteroatoms. The summed E-state index contributed by atoms with van der Waals surface area (Å²) < 4.78 is 0. The highest BCUT2D eigenvalue weighted by Crippen LogP contribution is 2.18. The summed E-state index contributed by atoms with van der Waals surface area (Å²) in [4.78, 5) is 22.2. The zero-order chi connectivity index (χ0) is 16.4. The Morgan fingerprint density at radius 1 is 1.35 bits per heavy atom. The Balaban J connectivity index is 1.77. The van der Waals surface area contributed by atoms with Crippen molar-refractivity contribution in [1.29, 1.82) is 0 Å². The van der Waals surface area contributed by atoms with Gasteiger partial charge < -0.3 is 4.98 Å². The summed E-state index contributed by atoms with van der Waals surface area (Å²) in [6.45, 7) is 6.46. The first kappa shape index (κ1) is 15.5. The second-order valence-corrected chi connectivity index (χ2v) is 6.33. The van der Waals surface area contributed by atoms with Crippen LogP contribution in [0.15, 0.2) is 29.1 Å². The molecule has 0 atom stereocenters. The van der Waals surface area contributed by atoms with E-state index in [1.165, 1.54) is 5.56 Å². The summed E-state index contributed by atoms with van der Waals surface area (Å²) in [5, 5.41) is 0. The maximum Gasteiger partial charge on any atom is 0.255 e. The van der Waals surface area contributed by atoms with E-state index in [1.54, 1.807) is 0 Å². The molecule has 3 rings (SSSR count). The molecule has 1 aliphatic rings. The van der Waals surface area contributed by atoms with Gasteiger partial charge in [-0.1, -0.05) is 31.9 Å². The van der Waals surface area contributed by atoms with Crippen molar-refractivity contribution in [2.24, 2.45) is 0 Å². The summed E-state index contributed by atoms with van der Waals surface area (Å²) in [6.07, 6.45) is 6.20. The van der Waals surface area contributed by atoms with E-state index in [2.05, 4.69) is 32.9 Å². The molecule has 1 aliphatic heterocycles.